The maximum atomic E-state index is 12.6. The average molecular weight is 496 g/mol. The zero-order valence-electron chi connectivity index (χ0n) is 16.5. The van der Waals surface area contributed by atoms with Gasteiger partial charge in [0, 0.05) is 16.1 Å². The fourth-order valence-corrected chi connectivity index (χ4v) is 3.47. The molecule has 0 saturated heterocycles. The zero-order chi connectivity index (χ0) is 21.8. The van der Waals surface area contributed by atoms with Crippen molar-refractivity contribution < 1.29 is 9.53 Å². The second kappa shape index (κ2) is 9.23. The summed E-state index contributed by atoms with van der Waals surface area (Å²) in [6.45, 7) is 2.03. The number of hydrogen-bond donors (Lipinski definition) is 2. The molecule has 2 heterocycles. The molecule has 0 spiro atoms. The van der Waals surface area contributed by atoms with Crippen molar-refractivity contribution in [3.8, 4) is 23.0 Å². The minimum atomic E-state index is -0.242. The Balaban J connectivity index is 1.43. The molecule has 0 fully saturated rings. The first kappa shape index (κ1) is 21.0. The van der Waals surface area contributed by atoms with Crippen LogP contribution in [0.15, 0.2) is 71.3 Å². The van der Waals surface area contributed by atoms with Gasteiger partial charge in [-0.3, -0.25) is 14.5 Å². The molecular formula is C22H18BrN5O2S. The lowest BCUT2D eigenvalue weighted by Gasteiger charge is -2.09. The molecule has 0 aliphatic carbocycles. The second-order valence-corrected chi connectivity index (χ2v) is 8.10. The maximum absolute atomic E-state index is 12.6. The third-order valence-electron chi connectivity index (χ3n) is 4.41. The minimum Gasteiger partial charge on any atom is -0.439 e. The van der Waals surface area contributed by atoms with Crippen LogP contribution in [0.1, 0.15) is 5.56 Å². The Kier molecular flexibility index (Phi) is 6.24. The van der Waals surface area contributed by atoms with E-state index in [1.54, 1.807) is 22.9 Å². The molecule has 2 aromatic heterocycles. The van der Waals surface area contributed by atoms with Gasteiger partial charge in [-0.2, -0.15) is 5.10 Å². The van der Waals surface area contributed by atoms with Crippen molar-refractivity contribution in [2.45, 2.75) is 13.5 Å². The molecular weight excluding hydrogens is 478 g/mol. The third-order valence-corrected chi connectivity index (χ3v) is 5.21. The Bertz CT molecular complexity index is 1270. The van der Waals surface area contributed by atoms with Gasteiger partial charge < -0.3 is 10.1 Å². The van der Waals surface area contributed by atoms with Crippen LogP contribution < -0.4 is 10.1 Å². The van der Waals surface area contributed by atoms with E-state index in [1.807, 2.05) is 55.5 Å². The van der Waals surface area contributed by atoms with E-state index in [-0.39, 0.29) is 12.5 Å². The van der Waals surface area contributed by atoms with Crippen LogP contribution in [0.25, 0.3) is 11.4 Å². The highest BCUT2D eigenvalue weighted by Gasteiger charge is 2.13. The van der Waals surface area contributed by atoms with Gasteiger partial charge in [-0.25, -0.2) is 4.98 Å². The number of rotatable bonds is 6. The van der Waals surface area contributed by atoms with Gasteiger partial charge in [0.05, 0.1) is 11.9 Å². The number of carbonyl (C=O) groups is 1. The molecule has 2 aromatic carbocycles. The molecule has 0 bridgehead atoms. The number of nitrogens with zero attached hydrogens (tertiary/aromatic N) is 3. The predicted octanol–water partition coefficient (Wildman–Crippen LogP) is 5.50. The third kappa shape index (κ3) is 5.25. The Morgan fingerprint density at radius 1 is 1.19 bits per heavy atom. The number of nitrogens with one attached hydrogen (secondary N) is 2. The smallest absolute Gasteiger partial charge is 0.244 e. The van der Waals surface area contributed by atoms with E-state index in [4.69, 9.17) is 17.0 Å². The fraction of sp³-hybridized carbons (Fsp3) is 0.0909. The highest BCUT2D eigenvalue weighted by atomic mass is 79.9. The number of aryl methyl sites for hydroxylation is 1. The van der Waals surface area contributed by atoms with E-state index in [0.29, 0.717) is 27.9 Å². The Morgan fingerprint density at radius 2 is 2.00 bits per heavy atom. The number of aromatic nitrogens is 4. The van der Waals surface area contributed by atoms with E-state index in [2.05, 4.69) is 36.4 Å². The maximum Gasteiger partial charge on any atom is 0.244 e. The number of aromatic amines is 1. The van der Waals surface area contributed by atoms with Crippen LogP contribution >= 0.6 is 28.1 Å². The average Bonchev–Trinajstić information content (AvgIpc) is 3.10. The van der Waals surface area contributed by atoms with Crippen molar-refractivity contribution >= 4 is 39.7 Å². The molecule has 4 aromatic rings. The van der Waals surface area contributed by atoms with E-state index in [1.165, 1.54) is 0 Å². The van der Waals surface area contributed by atoms with Gasteiger partial charge >= 0.3 is 0 Å². The van der Waals surface area contributed by atoms with E-state index >= 15 is 0 Å². The molecule has 0 atom stereocenters. The van der Waals surface area contributed by atoms with Crippen molar-refractivity contribution in [3.05, 3.63) is 81.7 Å². The van der Waals surface area contributed by atoms with Crippen LogP contribution in [0, 0.1) is 11.7 Å². The number of halogens is 1. The van der Waals surface area contributed by atoms with E-state index in [9.17, 15) is 4.79 Å². The summed E-state index contributed by atoms with van der Waals surface area (Å²) in [5, 5.41) is 9.85. The largest absolute Gasteiger partial charge is 0.439 e. The summed E-state index contributed by atoms with van der Waals surface area (Å²) in [5.74, 6) is 1.45. The summed E-state index contributed by atoms with van der Waals surface area (Å²) in [6.07, 6.45) is 1.54. The van der Waals surface area contributed by atoms with Gasteiger partial charge in [-0.05, 0) is 43.4 Å². The summed E-state index contributed by atoms with van der Waals surface area (Å²) in [4.78, 5) is 16.8. The number of anilines is 1. The first-order chi connectivity index (χ1) is 15.0. The standard InChI is InChI=1S/C22H18BrN5O2S/c1-14-5-7-15(8-6-14)21-26-27-22(31)28(21)13-19(29)25-17-9-10-20(24-12-17)30-18-4-2-3-16(23)11-18/h2-12H,13H2,1H3,(H,25,29)(H,27,31). The van der Waals surface area contributed by atoms with Crippen molar-refractivity contribution in [2.75, 3.05) is 5.32 Å². The number of carbonyl (C=O) groups excluding carboxylic acids is 1. The molecule has 156 valence electrons. The summed E-state index contributed by atoms with van der Waals surface area (Å²) >= 11 is 8.71. The molecule has 9 heteroatoms. The number of benzene rings is 2. The van der Waals surface area contributed by atoms with Crippen LogP contribution in [0.2, 0.25) is 0 Å². The lowest BCUT2D eigenvalue weighted by atomic mass is 10.1. The van der Waals surface area contributed by atoms with E-state index < -0.39 is 0 Å². The SMILES string of the molecule is Cc1ccc(-c2n[nH]c(=S)n2CC(=O)Nc2ccc(Oc3cccc(Br)c3)nc2)cc1. The van der Waals surface area contributed by atoms with Gasteiger partial charge in [0.2, 0.25) is 11.8 Å². The quantitative estimate of drug-likeness (QED) is 0.344. The predicted molar refractivity (Wildman–Crippen MR) is 125 cm³/mol. The summed E-state index contributed by atoms with van der Waals surface area (Å²) in [5.41, 5.74) is 2.57. The Hall–Kier alpha value is -3.30. The number of H-pyrrole nitrogens is 1. The lowest BCUT2D eigenvalue weighted by Crippen LogP contribution is -2.19. The normalized spacial score (nSPS) is 10.6. The van der Waals surface area contributed by atoms with Crippen LogP contribution in [0.3, 0.4) is 0 Å². The van der Waals surface area contributed by atoms with Crippen molar-refractivity contribution in [2.24, 2.45) is 0 Å². The fourth-order valence-electron chi connectivity index (χ4n) is 2.90. The van der Waals surface area contributed by atoms with Crippen LogP contribution in [-0.2, 0) is 11.3 Å². The highest BCUT2D eigenvalue weighted by molar-refractivity contribution is 9.10. The molecule has 2 N–H and O–H groups in total. The topological polar surface area (TPSA) is 84.8 Å². The molecule has 0 aliphatic rings. The molecule has 0 saturated carbocycles. The highest BCUT2D eigenvalue weighted by Crippen LogP contribution is 2.24. The van der Waals surface area contributed by atoms with Gasteiger partial charge in [-0.1, -0.05) is 51.8 Å². The molecule has 0 aliphatic heterocycles. The number of amides is 1. The number of hydrogen-bond acceptors (Lipinski definition) is 5. The number of ether oxygens (including phenoxy) is 1. The molecule has 1 amide bonds. The van der Waals surface area contributed by atoms with Gasteiger partial charge in [-0.15, -0.1) is 0 Å². The van der Waals surface area contributed by atoms with Crippen molar-refractivity contribution in [1.29, 1.82) is 0 Å². The van der Waals surface area contributed by atoms with Crippen LogP contribution in [0.4, 0.5) is 5.69 Å². The summed E-state index contributed by atoms with van der Waals surface area (Å²) in [6, 6.07) is 18.8. The molecule has 7 nitrogen and oxygen atoms in total. The Labute approximate surface area is 192 Å². The Morgan fingerprint density at radius 3 is 2.71 bits per heavy atom. The summed E-state index contributed by atoms with van der Waals surface area (Å²) in [7, 11) is 0. The number of pyridine rings is 1. The minimum absolute atomic E-state index is 0.0227. The van der Waals surface area contributed by atoms with Gasteiger partial charge in [0.15, 0.2) is 10.6 Å². The second-order valence-electron chi connectivity index (χ2n) is 6.80. The molecule has 0 radical (unpaired) electrons. The van der Waals surface area contributed by atoms with Crippen molar-refractivity contribution in [3.63, 3.8) is 0 Å². The molecule has 4 rings (SSSR count). The first-order valence-electron chi connectivity index (χ1n) is 9.39. The zero-order valence-corrected chi connectivity index (χ0v) is 18.9. The summed E-state index contributed by atoms with van der Waals surface area (Å²) < 4.78 is 8.66. The monoisotopic (exact) mass is 495 g/mol. The molecule has 0 unspecified atom stereocenters. The van der Waals surface area contributed by atoms with Crippen molar-refractivity contribution in [1.82, 2.24) is 19.7 Å². The molecule has 31 heavy (non-hydrogen) atoms. The van der Waals surface area contributed by atoms with Crippen LogP contribution in [-0.4, -0.2) is 25.7 Å². The van der Waals surface area contributed by atoms with Gasteiger partial charge in [0.1, 0.15) is 12.3 Å². The first-order valence-corrected chi connectivity index (χ1v) is 10.6. The van der Waals surface area contributed by atoms with Gasteiger partial charge in [0.25, 0.3) is 0 Å². The van der Waals surface area contributed by atoms with Crippen LogP contribution in [0.5, 0.6) is 11.6 Å². The lowest BCUT2D eigenvalue weighted by molar-refractivity contribution is -0.116. The van der Waals surface area contributed by atoms with E-state index in [0.717, 1.165) is 15.6 Å².